The van der Waals surface area contributed by atoms with E-state index in [-0.39, 0.29) is 0 Å². The fraction of sp³-hybridized carbons (Fsp3) is 0.238. The summed E-state index contributed by atoms with van der Waals surface area (Å²) in [5.41, 5.74) is 5.59. The number of benzene rings is 2. The van der Waals surface area contributed by atoms with Crippen LogP contribution in [0.2, 0.25) is 0 Å². The number of hydrogen-bond acceptors (Lipinski definition) is 0. The van der Waals surface area contributed by atoms with Gasteiger partial charge in [-0.2, -0.15) is 0 Å². The third-order valence-electron chi connectivity index (χ3n) is 5.01. The highest BCUT2D eigenvalue weighted by molar-refractivity contribution is 5.43. The van der Waals surface area contributed by atoms with Gasteiger partial charge >= 0.3 is 0 Å². The highest BCUT2D eigenvalue weighted by atomic mass is 15.1. The molecule has 0 spiro atoms. The Morgan fingerprint density at radius 1 is 1.00 bits per heavy atom. The summed E-state index contributed by atoms with van der Waals surface area (Å²) >= 11 is 0. The normalized spacial score (nSPS) is 17.9. The van der Waals surface area contributed by atoms with Crippen LogP contribution in [0.25, 0.3) is 5.69 Å². The third kappa shape index (κ3) is 2.71. The van der Waals surface area contributed by atoms with E-state index in [0.717, 1.165) is 13.0 Å². The summed E-state index contributed by atoms with van der Waals surface area (Å²) in [5, 5.41) is 2.50. The molecule has 23 heavy (non-hydrogen) atoms. The lowest BCUT2D eigenvalue weighted by atomic mass is 9.92. The van der Waals surface area contributed by atoms with Gasteiger partial charge in [0.25, 0.3) is 0 Å². The van der Waals surface area contributed by atoms with Crippen LogP contribution in [0.5, 0.6) is 0 Å². The Labute approximate surface area is 137 Å². The van der Waals surface area contributed by atoms with Gasteiger partial charge in [-0.15, -0.1) is 0 Å². The zero-order chi connectivity index (χ0) is 15.6. The number of fused-ring (bicyclic) bond motifs is 3. The quantitative estimate of drug-likeness (QED) is 0.760. The van der Waals surface area contributed by atoms with Crippen molar-refractivity contribution in [3.63, 3.8) is 0 Å². The number of aromatic nitrogens is 1. The van der Waals surface area contributed by atoms with Crippen molar-refractivity contribution in [3.05, 3.63) is 89.7 Å². The van der Waals surface area contributed by atoms with Gasteiger partial charge in [0, 0.05) is 18.2 Å². The van der Waals surface area contributed by atoms with Gasteiger partial charge in [-0.1, -0.05) is 55.5 Å². The summed E-state index contributed by atoms with van der Waals surface area (Å²) in [4.78, 5) is 0. The first-order chi connectivity index (χ1) is 11.3. The highest BCUT2D eigenvalue weighted by Gasteiger charge is 2.26. The summed E-state index contributed by atoms with van der Waals surface area (Å²) in [6.45, 7) is 3.39. The SMILES string of the molecule is C[C@@H](C[C@H]1[NH2+]Cc2ccccc2-n2cccc21)c1ccccc1. The number of hydrogen-bond donors (Lipinski definition) is 1. The van der Waals surface area contributed by atoms with Crippen LogP contribution in [-0.2, 0) is 6.54 Å². The van der Waals surface area contributed by atoms with E-state index in [2.05, 4.69) is 89.7 Å². The minimum Gasteiger partial charge on any atom is -0.335 e. The lowest BCUT2D eigenvalue weighted by Gasteiger charge is -2.19. The smallest absolute Gasteiger partial charge is 0.128 e. The first kappa shape index (κ1) is 14.3. The molecule has 0 amide bonds. The average Bonchev–Trinajstić information content (AvgIpc) is 3.04. The molecule has 2 heteroatoms. The molecule has 1 aliphatic heterocycles. The summed E-state index contributed by atoms with van der Waals surface area (Å²) in [7, 11) is 0. The Hall–Kier alpha value is -2.32. The van der Waals surface area contributed by atoms with E-state index in [1.54, 1.807) is 0 Å². The predicted octanol–water partition coefficient (Wildman–Crippen LogP) is 3.79. The number of nitrogens with two attached hydrogens (primary N) is 1. The van der Waals surface area contributed by atoms with Crippen molar-refractivity contribution in [1.82, 2.24) is 4.57 Å². The van der Waals surface area contributed by atoms with Crippen LogP contribution in [-0.4, -0.2) is 4.57 Å². The first-order valence-electron chi connectivity index (χ1n) is 8.47. The lowest BCUT2D eigenvalue weighted by molar-refractivity contribution is -0.712. The standard InChI is InChI=1S/C21H22N2/c1-16(17-8-3-2-4-9-17)14-19-21-12-7-13-23(21)20-11-6-5-10-18(20)15-22-19/h2-13,16,19,22H,14-15H2,1H3/p+1/t16-,19+/m0/s1. The second-order valence-corrected chi connectivity index (χ2v) is 6.53. The monoisotopic (exact) mass is 303 g/mol. The van der Waals surface area contributed by atoms with Gasteiger partial charge < -0.3 is 9.88 Å². The topological polar surface area (TPSA) is 21.5 Å². The third-order valence-corrected chi connectivity index (χ3v) is 5.01. The molecule has 1 aromatic heterocycles. The molecule has 0 unspecified atom stereocenters. The van der Waals surface area contributed by atoms with Crippen molar-refractivity contribution in [1.29, 1.82) is 0 Å². The summed E-state index contributed by atoms with van der Waals surface area (Å²) in [5.74, 6) is 0.557. The van der Waals surface area contributed by atoms with E-state index >= 15 is 0 Å². The van der Waals surface area contributed by atoms with Crippen molar-refractivity contribution in [3.8, 4) is 5.69 Å². The zero-order valence-corrected chi connectivity index (χ0v) is 13.5. The van der Waals surface area contributed by atoms with Gasteiger partial charge in [-0.25, -0.2) is 0 Å². The average molecular weight is 303 g/mol. The highest BCUT2D eigenvalue weighted by Crippen LogP contribution is 2.29. The van der Waals surface area contributed by atoms with Crippen LogP contribution in [0.4, 0.5) is 0 Å². The van der Waals surface area contributed by atoms with E-state index in [4.69, 9.17) is 0 Å². The summed E-state index contributed by atoms with van der Waals surface area (Å²) in [6.07, 6.45) is 3.36. The molecule has 2 nitrogen and oxygen atoms in total. The Bertz CT molecular complexity index is 788. The maximum atomic E-state index is 2.50. The van der Waals surface area contributed by atoms with Gasteiger partial charge in [0.05, 0.1) is 11.4 Å². The number of para-hydroxylation sites is 1. The predicted molar refractivity (Wildman–Crippen MR) is 93.6 cm³/mol. The van der Waals surface area contributed by atoms with E-state index in [9.17, 15) is 0 Å². The van der Waals surface area contributed by atoms with E-state index < -0.39 is 0 Å². The van der Waals surface area contributed by atoms with Gasteiger partial charge in [-0.05, 0) is 29.7 Å². The van der Waals surface area contributed by atoms with E-state index in [0.29, 0.717) is 12.0 Å². The molecule has 0 bridgehead atoms. The molecule has 2 N–H and O–H groups in total. The molecule has 2 atom stereocenters. The Morgan fingerprint density at radius 2 is 1.78 bits per heavy atom. The molecule has 0 saturated carbocycles. The van der Waals surface area contributed by atoms with Crippen LogP contribution in [0.15, 0.2) is 72.9 Å². The zero-order valence-electron chi connectivity index (χ0n) is 13.5. The van der Waals surface area contributed by atoms with Crippen LogP contribution in [0.3, 0.4) is 0 Å². The van der Waals surface area contributed by atoms with Crippen LogP contribution in [0.1, 0.15) is 42.1 Å². The second-order valence-electron chi connectivity index (χ2n) is 6.53. The minimum atomic E-state index is 0.493. The fourth-order valence-corrected chi connectivity index (χ4v) is 3.74. The first-order valence-corrected chi connectivity index (χ1v) is 8.47. The maximum Gasteiger partial charge on any atom is 0.128 e. The number of nitrogens with zero attached hydrogens (tertiary/aromatic N) is 1. The fourth-order valence-electron chi connectivity index (χ4n) is 3.74. The van der Waals surface area contributed by atoms with Gasteiger partial charge in [0.2, 0.25) is 0 Å². The van der Waals surface area contributed by atoms with Crippen LogP contribution < -0.4 is 5.32 Å². The van der Waals surface area contributed by atoms with Crippen molar-refractivity contribution >= 4 is 0 Å². The Morgan fingerprint density at radius 3 is 2.65 bits per heavy atom. The molecule has 0 aliphatic carbocycles. The summed E-state index contributed by atoms with van der Waals surface area (Å²) < 4.78 is 2.38. The maximum absolute atomic E-state index is 2.50. The molecular formula is C21H23N2+. The molecule has 0 saturated heterocycles. The van der Waals surface area contributed by atoms with Crippen LogP contribution >= 0.6 is 0 Å². The molecule has 4 rings (SSSR count). The van der Waals surface area contributed by atoms with E-state index in [1.807, 2.05) is 0 Å². The molecule has 0 radical (unpaired) electrons. The second kappa shape index (κ2) is 6.05. The van der Waals surface area contributed by atoms with Gasteiger partial charge in [0.15, 0.2) is 0 Å². The molecular weight excluding hydrogens is 280 g/mol. The minimum absolute atomic E-state index is 0.493. The van der Waals surface area contributed by atoms with Crippen molar-refractivity contribution in [2.75, 3.05) is 0 Å². The van der Waals surface area contributed by atoms with Crippen molar-refractivity contribution in [2.24, 2.45) is 0 Å². The van der Waals surface area contributed by atoms with Gasteiger partial charge in [0.1, 0.15) is 12.6 Å². The summed E-state index contributed by atoms with van der Waals surface area (Å²) in [6, 6.07) is 24.6. The molecule has 2 aromatic carbocycles. The number of rotatable bonds is 3. The molecule has 2 heterocycles. The van der Waals surface area contributed by atoms with Crippen molar-refractivity contribution in [2.45, 2.75) is 31.8 Å². The molecule has 1 aliphatic rings. The Kier molecular flexibility index (Phi) is 3.76. The molecule has 3 aromatic rings. The van der Waals surface area contributed by atoms with Gasteiger partial charge in [-0.3, -0.25) is 0 Å². The molecule has 0 fully saturated rings. The lowest BCUT2D eigenvalue weighted by Crippen LogP contribution is -2.83. The van der Waals surface area contributed by atoms with Crippen LogP contribution in [0, 0.1) is 0 Å². The molecule has 116 valence electrons. The van der Waals surface area contributed by atoms with E-state index in [1.165, 1.54) is 22.5 Å². The Balaban J connectivity index is 1.65. The largest absolute Gasteiger partial charge is 0.335 e. The van der Waals surface area contributed by atoms with Crippen molar-refractivity contribution < 1.29 is 5.32 Å². The number of quaternary nitrogens is 1.